The van der Waals surface area contributed by atoms with Gasteiger partial charge in [0.2, 0.25) is 0 Å². The third kappa shape index (κ3) is 4.09. The van der Waals surface area contributed by atoms with E-state index in [1.54, 1.807) is 24.3 Å². The van der Waals surface area contributed by atoms with Crippen molar-refractivity contribution in [1.29, 1.82) is 5.26 Å². The van der Waals surface area contributed by atoms with Gasteiger partial charge in [0.1, 0.15) is 6.54 Å². The second-order valence-corrected chi connectivity index (χ2v) is 4.62. The molecule has 1 atom stereocenters. The summed E-state index contributed by atoms with van der Waals surface area (Å²) in [6, 6.07) is 8.59. The van der Waals surface area contributed by atoms with E-state index in [0.717, 1.165) is 5.56 Å². The number of carbonyl (C=O) groups is 2. The van der Waals surface area contributed by atoms with Crippen molar-refractivity contribution in [3.8, 4) is 6.07 Å². The summed E-state index contributed by atoms with van der Waals surface area (Å²) in [4.78, 5) is 24.6. The Kier molecular flexibility index (Phi) is 5.73. The van der Waals surface area contributed by atoms with Crippen LogP contribution in [-0.2, 0) is 11.2 Å². The van der Waals surface area contributed by atoms with Crippen LogP contribution in [0.5, 0.6) is 0 Å². The monoisotopic (exact) mass is 274 g/mol. The highest BCUT2D eigenvalue weighted by atomic mass is 16.4. The summed E-state index contributed by atoms with van der Waals surface area (Å²) in [5.74, 6) is -1.33. The molecule has 1 N–H and O–H groups in total. The lowest BCUT2D eigenvalue weighted by molar-refractivity contribution is -0.138. The Morgan fingerprint density at radius 2 is 1.95 bits per heavy atom. The van der Waals surface area contributed by atoms with Crippen molar-refractivity contribution in [2.75, 3.05) is 6.54 Å². The van der Waals surface area contributed by atoms with Gasteiger partial charge in [-0.2, -0.15) is 5.26 Å². The number of carboxylic acid groups (broad SMARTS) is 1. The highest BCUT2D eigenvalue weighted by Gasteiger charge is 2.22. The molecule has 0 aliphatic rings. The predicted molar refractivity (Wildman–Crippen MR) is 74.2 cm³/mol. The van der Waals surface area contributed by atoms with Crippen molar-refractivity contribution in [2.45, 2.75) is 32.7 Å². The number of carboxylic acids is 1. The Hall–Kier alpha value is -2.35. The minimum atomic E-state index is -1.03. The molecular weight excluding hydrogens is 256 g/mol. The highest BCUT2D eigenvalue weighted by Crippen LogP contribution is 2.12. The molecule has 0 radical (unpaired) electrons. The molecule has 0 saturated carbocycles. The lowest BCUT2D eigenvalue weighted by Gasteiger charge is -2.27. The molecule has 0 heterocycles. The number of aliphatic carboxylic acids is 1. The molecule has 1 amide bonds. The first-order valence-corrected chi connectivity index (χ1v) is 6.48. The average molecular weight is 274 g/mol. The molecule has 1 aromatic rings. The van der Waals surface area contributed by atoms with Crippen molar-refractivity contribution in [3.63, 3.8) is 0 Å². The van der Waals surface area contributed by atoms with Crippen LogP contribution < -0.4 is 0 Å². The maximum Gasteiger partial charge on any atom is 0.323 e. The summed E-state index contributed by atoms with van der Waals surface area (Å²) in [5.41, 5.74) is 1.27. The zero-order valence-electron chi connectivity index (χ0n) is 11.7. The minimum absolute atomic E-state index is 0.141. The topological polar surface area (TPSA) is 81.4 Å². The van der Waals surface area contributed by atoms with E-state index in [1.807, 2.05) is 19.9 Å². The molecule has 0 spiro atoms. The smallest absolute Gasteiger partial charge is 0.323 e. The van der Waals surface area contributed by atoms with Crippen molar-refractivity contribution in [2.24, 2.45) is 0 Å². The summed E-state index contributed by atoms with van der Waals surface area (Å²) < 4.78 is 0. The van der Waals surface area contributed by atoms with E-state index >= 15 is 0 Å². The Labute approximate surface area is 118 Å². The molecular formula is C15H18N2O3. The first-order valence-electron chi connectivity index (χ1n) is 6.48. The third-order valence-corrected chi connectivity index (χ3v) is 3.17. The van der Waals surface area contributed by atoms with Gasteiger partial charge in [-0.05, 0) is 31.0 Å². The van der Waals surface area contributed by atoms with Gasteiger partial charge in [-0.15, -0.1) is 0 Å². The van der Waals surface area contributed by atoms with E-state index in [0.29, 0.717) is 18.4 Å². The normalized spacial score (nSPS) is 11.4. The first kappa shape index (κ1) is 15.7. The van der Waals surface area contributed by atoms with Crippen LogP contribution in [0.1, 0.15) is 36.2 Å². The maximum absolute atomic E-state index is 12.3. The molecule has 1 unspecified atom stereocenters. The van der Waals surface area contributed by atoms with Crippen LogP contribution in [0.4, 0.5) is 0 Å². The molecule has 0 fully saturated rings. The van der Waals surface area contributed by atoms with Crippen LogP contribution in [0, 0.1) is 11.3 Å². The van der Waals surface area contributed by atoms with E-state index in [9.17, 15) is 9.59 Å². The van der Waals surface area contributed by atoms with Crippen LogP contribution in [0.2, 0.25) is 0 Å². The Morgan fingerprint density at radius 1 is 1.35 bits per heavy atom. The van der Waals surface area contributed by atoms with Gasteiger partial charge in [0, 0.05) is 11.6 Å². The highest BCUT2D eigenvalue weighted by molar-refractivity contribution is 5.96. The summed E-state index contributed by atoms with van der Waals surface area (Å²) in [6.07, 6.45) is 0.976. The van der Waals surface area contributed by atoms with Gasteiger partial charge in [-0.25, -0.2) is 0 Å². The van der Waals surface area contributed by atoms with Gasteiger partial charge in [-0.1, -0.05) is 19.1 Å². The van der Waals surface area contributed by atoms with Crippen molar-refractivity contribution in [3.05, 3.63) is 35.4 Å². The number of nitrogens with zero attached hydrogens (tertiary/aromatic N) is 2. The number of hydrogen-bond donors (Lipinski definition) is 1. The fourth-order valence-electron chi connectivity index (χ4n) is 1.82. The zero-order chi connectivity index (χ0) is 15.1. The molecule has 0 aromatic heterocycles. The molecule has 0 bridgehead atoms. The summed E-state index contributed by atoms with van der Waals surface area (Å²) in [5, 5.41) is 17.5. The van der Waals surface area contributed by atoms with E-state index in [2.05, 4.69) is 0 Å². The Balaban J connectivity index is 2.93. The van der Waals surface area contributed by atoms with E-state index in [1.165, 1.54) is 4.90 Å². The van der Waals surface area contributed by atoms with Crippen molar-refractivity contribution in [1.82, 2.24) is 4.90 Å². The SMILES string of the molecule is CCC(C)N(CC(=O)O)C(=O)c1ccc(CC#N)cc1. The van der Waals surface area contributed by atoms with Gasteiger partial charge in [0.15, 0.2) is 0 Å². The summed E-state index contributed by atoms with van der Waals surface area (Å²) in [6.45, 7) is 3.42. The number of hydrogen-bond acceptors (Lipinski definition) is 3. The Bertz CT molecular complexity index is 517. The van der Waals surface area contributed by atoms with E-state index in [-0.39, 0.29) is 18.5 Å². The van der Waals surface area contributed by atoms with Crippen LogP contribution >= 0.6 is 0 Å². The first-order chi connectivity index (χ1) is 9.49. The molecule has 20 heavy (non-hydrogen) atoms. The van der Waals surface area contributed by atoms with Gasteiger partial charge < -0.3 is 10.0 Å². The third-order valence-electron chi connectivity index (χ3n) is 3.17. The van der Waals surface area contributed by atoms with Gasteiger partial charge >= 0.3 is 5.97 Å². The molecule has 0 saturated heterocycles. The Morgan fingerprint density at radius 3 is 2.40 bits per heavy atom. The van der Waals surface area contributed by atoms with E-state index in [4.69, 9.17) is 10.4 Å². The van der Waals surface area contributed by atoms with Gasteiger partial charge in [0.25, 0.3) is 5.91 Å². The number of benzene rings is 1. The van der Waals surface area contributed by atoms with Crippen molar-refractivity contribution >= 4 is 11.9 Å². The fourth-order valence-corrected chi connectivity index (χ4v) is 1.82. The van der Waals surface area contributed by atoms with Gasteiger partial charge in [-0.3, -0.25) is 9.59 Å². The number of carbonyl (C=O) groups excluding carboxylic acids is 1. The zero-order valence-corrected chi connectivity index (χ0v) is 11.7. The fraction of sp³-hybridized carbons (Fsp3) is 0.400. The number of nitriles is 1. The molecule has 1 rings (SSSR count). The minimum Gasteiger partial charge on any atom is -0.480 e. The summed E-state index contributed by atoms with van der Waals surface area (Å²) in [7, 11) is 0. The number of amides is 1. The number of rotatable bonds is 6. The molecule has 0 aliphatic carbocycles. The molecule has 0 aliphatic heterocycles. The second-order valence-electron chi connectivity index (χ2n) is 4.62. The van der Waals surface area contributed by atoms with Gasteiger partial charge in [0.05, 0.1) is 12.5 Å². The molecule has 5 nitrogen and oxygen atoms in total. The van der Waals surface area contributed by atoms with Crippen LogP contribution in [0.25, 0.3) is 0 Å². The van der Waals surface area contributed by atoms with Crippen LogP contribution in [0.3, 0.4) is 0 Å². The average Bonchev–Trinajstić information content (AvgIpc) is 2.44. The largest absolute Gasteiger partial charge is 0.480 e. The molecule has 106 valence electrons. The maximum atomic E-state index is 12.3. The lowest BCUT2D eigenvalue weighted by Crippen LogP contribution is -2.41. The summed E-state index contributed by atoms with van der Waals surface area (Å²) >= 11 is 0. The standard InChI is InChI=1S/C15H18N2O3/c1-3-11(2)17(10-14(18)19)15(20)13-6-4-12(5-7-13)8-9-16/h4-7,11H,3,8,10H2,1-2H3,(H,18,19). The van der Waals surface area contributed by atoms with Crippen LogP contribution in [-0.4, -0.2) is 34.5 Å². The lowest BCUT2D eigenvalue weighted by atomic mass is 10.1. The predicted octanol–water partition coefficient (Wildman–Crippen LogP) is 2.08. The van der Waals surface area contributed by atoms with E-state index < -0.39 is 5.97 Å². The molecule has 1 aromatic carbocycles. The second kappa shape index (κ2) is 7.29. The molecule has 5 heteroatoms. The van der Waals surface area contributed by atoms with Crippen LogP contribution in [0.15, 0.2) is 24.3 Å². The van der Waals surface area contributed by atoms with Crippen molar-refractivity contribution < 1.29 is 14.7 Å². The quantitative estimate of drug-likeness (QED) is 0.861.